The molecule has 1 radical (unpaired) electrons. The van der Waals surface area contributed by atoms with E-state index >= 15 is 0 Å². The summed E-state index contributed by atoms with van der Waals surface area (Å²) in [5.74, 6) is 0. The van der Waals surface area contributed by atoms with Crippen LogP contribution in [0.25, 0.3) is 0 Å². The maximum Gasteiger partial charge on any atom is 0 e. The van der Waals surface area contributed by atoms with Crippen molar-refractivity contribution in [3.63, 3.8) is 0 Å². The summed E-state index contributed by atoms with van der Waals surface area (Å²) >= 11 is 0. The van der Waals surface area contributed by atoms with Gasteiger partial charge in [0.25, 0.3) is 0 Å². The first-order valence-corrected chi connectivity index (χ1v) is 0.632. The normalized spacial score (nSPS) is 1.00. The standard InChI is InChI=1S/C2H3.CN.CH3.Cu/c2*1-2;;/h1H,2H2;;1H3;/q3*-1;. The minimum absolute atomic E-state index is 0. The molecule has 0 saturated heterocycles. The van der Waals surface area contributed by atoms with E-state index in [2.05, 4.69) is 13.2 Å². The Kier molecular flexibility index (Phi) is 7510. The number of hydrogen-bond acceptors (Lipinski definition) is 1. The molecule has 0 saturated carbocycles. The van der Waals surface area contributed by atoms with Crippen LogP contribution in [0.15, 0.2) is 6.58 Å². The summed E-state index contributed by atoms with van der Waals surface area (Å²) in [6.07, 6.45) is 0. The third kappa shape index (κ3) is 452. The molecule has 0 fully saturated rings. The van der Waals surface area contributed by atoms with Crippen LogP contribution >= 0.6 is 0 Å². The molecule has 0 aliphatic heterocycles. The first-order valence-electron chi connectivity index (χ1n) is 0.632. The van der Waals surface area contributed by atoms with Gasteiger partial charge in [-0.1, -0.05) is 0 Å². The Morgan fingerprint density at radius 1 is 1.33 bits per heavy atom. The van der Waals surface area contributed by atoms with Crippen LogP contribution in [-0.2, 0) is 17.1 Å². The van der Waals surface area contributed by atoms with Gasteiger partial charge in [-0.05, 0) is 0 Å². The predicted molar refractivity (Wildman–Crippen MR) is 21.3 cm³/mol. The molecular formula is C4H6CuN-3. The van der Waals surface area contributed by atoms with Crippen molar-refractivity contribution in [2.24, 2.45) is 0 Å². The zero-order valence-corrected chi connectivity index (χ0v) is 4.47. The Morgan fingerprint density at radius 2 is 1.33 bits per heavy atom. The number of rotatable bonds is 0. The van der Waals surface area contributed by atoms with Crippen LogP contribution in [0, 0.1) is 25.8 Å². The Hall–Kier alpha value is -0.251. The molecule has 0 unspecified atom stereocenters. The van der Waals surface area contributed by atoms with Gasteiger partial charge in [0.05, 0.1) is 0 Å². The van der Waals surface area contributed by atoms with E-state index in [-0.39, 0.29) is 24.5 Å². The van der Waals surface area contributed by atoms with Gasteiger partial charge in [-0.25, -0.2) is 0 Å². The van der Waals surface area contributed by atoms with Crippen molar-refractivity contribution in [2.45, 2.75) is 0 Å². The minimum Gasteiger partial charge on any atom is -0.521 e. The van der Waals surface area contributed by atoms with Gasteiger partial charge in [0.15, 0.2) is 0 Å². The van der Waals surface area contributed by atoms with Gasteiger partial charge in [-0.3, -0.25) is 6.58 Å². The van der Waals surface area contributed by atoms with E-state index in [1.54, 1.807) is 0 Å². The fraction of sp³-hybridized carbons (Fsp3) is 0. The largest absolute Gasteiger partial charge is 0.521 e. The van der Waals surface area contributed by atoms with Crippen LogP contribution in [0.5, 0.6) is 0 Å². The third-order valence-corrected chi connectivity index (χ3v) is 0. The zero-order valence-electron chi connectivity index (χ0n) is 3.53. The van der Waals surface area contributed by atoms with Crippen molar-refractivity contribution in [3.8, 4) is 0 Å². The average molecular weight is 132 g/mol. The van der Waals surface area contributed by atoms with Gasteiger partial charge in [-0.15, -0.1) is 0 Å². The molecule has 0 spiro atoms. The second-order valence-electron chi connectivity index (χ2n) is 0. The van der Waals surface area contributed by atoms with Gasteiger partial charge in [0, 0.05) is 17.1 Å². The molecule has 0 bridgehead atoms. The molecule has 2 heteroatoms. The molecule has 0 atom stereocenters. The number of hydrogen-bond donors (Lipinski definition) is 0. The smallest absolute Gasteiger partial charge is 0 e. The summed E-state index contributed by atoms with van der Waals surface area (Å²) in [7, 11) is 0. The van der Waals surface area contributed by atoms with Crippen molar-refractivity contribution < 1.29 is 17.1 Å². The van der Waals surface area contributed by atoms with Crippen LogP contribution < -0.4 is 0 Å². The second kappa shape index (κ2) is 1060. The Morgan fingerprint density at radius 3 is 1.33 bits per heavy atom. The topological polar surface area (TPSA) is 23.8 Å². The quantitative estimate of drug-likeness (QED) is 0.358. The minimum atomic E-state index is 0. The SMILES string of the molecule is [C-]#N.[CH-]=C.[CH3-].[Cu]. The van der Waals surface area contributed by atoms with E-state index in [9.17, 15) is 0 Å². The molecule has 0 N–H and O–H groups in total. The maximum absolute atomic E-state index is 6.25. The number of nitrogens with zero attached hydrogens (tertiary/aromatic N) is 1. The third-order valence-electron chi connectivity index (χ3n) is 0. The first kappa shape index (κ1) is 42.4. The van der Waals surface area contributed by atoms with E-state index in [1.807, 2.05) is 0 Å². The van der Waals surface area contributed by atoms with Gasteiger partial charge < -0.3 is 25.8 Å². The molecule has 6 heavy (non-hydrogen) atoms. The Bertz CT molecular complexity index is 18.8. The van der Waals surface area contributed by atoms with E-state index in [0.717, 1.165) is 0 Å². The van der Waals surface area contributed by atoms with Crippen LogP contribution in [0.3, 0.4) is 0 Å². The first-order chi connectivity index (χ1) is 2.00. The summed E-state index contributed by atoms with van der Waals surface area (Å²) < 4.78 is 0. The van der Waals surface area contributed by atoms with Gasteiger partial charge in [0.2, 0.25) is 0 Å². The second-order valence-corrected chi connectivity index (χ2v) is 0. The fourth-order valence-corrected chi connectivity index (χ4v) is 0. The molecule has 41 valence electrons. The predicted octanol–water partition coefficient (Wildman–Crippen LogP) is 1.15. The van der Waals surface area contributed by atoms with E-state index < -0.39 is 0 Å². The van der Waals surface area contributed by atoms with Crippen LogP contribution in [0.4, 0.5) is 0 Å². The van der Waals surface area contributed by atoms with Crippen LogP contribution in [-0.4, -0.2) is 0 Å². The summed E-state index contributed by atoms with van der Waals surface area (Å²) in [4.78, 5) is 0. The zero-order chi connectivity index (χ0) is 4.00. The van der Waals surface area contributed by atoms with E-state index in [1.165, 1.54) is 0 Å². The van der Waals surface area contributed by atoms with Crippen molar-refractivity contribution in [2.75, 3.05) is 0 Å². The Balaban J connectivity index is -0.00000000500. The maximum atomic E-state index is 6.25. The molecule has 0 amide bonds. The monoisotopic (exact) mass is 131 g/mol. The average Bonchev–Trinajstić information content (AvgIpc) is 1.50. The summed E-state index contributed by atoms with van der Waals surface area (Å²) in [5, 5.41) is 6.25. The van der Waals surface area contributed by atoms with Crippen LogP contribution in [0.2, 0.25) is 0 Å². The molecule has 0 aromatic carbocycles. The fourth-order valence-electron chi connectivity index (χ4n) is 0. The van der Waals surface area contributed by atoms with E-state index in [4.69, 9.17) is 11.8 Å². The van der Waals surface area contributed by atoms with E-state index in [0.29, 0.717) is 0 Å². The summed E-state index contributed by atoms with van der Waals surface area (Å²) in [6.45, 7) is 11.8. The molecule has 0 aromatic heterocycles. The summed E-state index contributed by atoms with van der Waals surface area (Å²) in [6, 6.07) is 0. The van der Waals surface area contributed by atoms with Gasteiger partial charge in [0.1, 0.15) is 0 Å². The molecule has 1 nitrogen and oxygen atoms in total. The van der Waals surface area contributed by atoms with Crippen LogP contribution in [0.1, 0.15) is 0 Å². The summed E-state index contributed by atoms with van der Waals surface area (Å²) in [5.41, 5.74) is 0. The molecule has 0 aromatic rings. The van der Waals surface area contributed by atoms with Crippen molar-refractivity contribution >= 4 is 0 Å². The van der Waals surface area contributed by atoms with Crippen molar-refractivity contribution in [3.05, 3.63) is 27.2 Å². The Labute approximate surface area is 50.1 Å². The van der Waals surface area contributed by atoms with Crippen molar-refractivity contribution in [1.82, 2.24) is 0 Å². The molecule has 0 rings (SSSR count). The van der Waals surface area contributed by atoms with Gasteiger partial charge in [-0.2, -0.15) is 0 Å². The molecule has 0 aliphatic carbocycles. The van der Waals surface area contributed by atoms with Gasteiger partial charge >= 0.3 is 0 Å². The molecular weight excluding hydrogens is 126 g/mol. The molecule has 0 heterocycles. The molecule has 0 aliphatic rings. The van der Waals surface area contributed by atoms with Crippen molar-refractivity contribution in [1.29, 1.82) is 5.26 Å².